The van der Waals surface area contributed by atoms with E-state index in [-0.39, 0.29) is 30.0 Å². The molecule has 3 fully saturated rings. The van der Waals surface area contributed by atoms with Crippen LogP contribution in [0.25, 0.3) is 0 Å². The summed E-state index contributed by atoms with van der Waals surface area (Å²) in [6.07, 6.45) is 12.7. The lowest BCUT2D eigenvalue weighted by atomic mass is 9.53. The summed E-state index contributed by atoms with van der Waals surface area (Å²) in [4.78, 5) is 23.4. The van der Waals surface area contributed by atoms with Gasteiger partial charge in [0.25, 0.3) is 0 Å². The molecular weight excluding hydrogens is 392 g/mol. The number of fused-ring (bicyclic) bond motifs is 1. The molecule has 4 atom stereocenters. The fraction of sp³-hybridized carbons (Fsp3) is 0.769. The van der Waals surface area contributed by atoms with E-state index in [1.807, 2.05) is 0 Å². The number of allylic oxidation sites excluding steroid dienone is 1. The van der Waals surface area contributed by atoms with Crippen LogP contribution in [0.4, 0.5) is 0 Å². The van der Waals surface area contributed by atoms with Gasteiger partial charge in [0.2, 0.25) is 5.78 Å². The number of unbranched alkanes of at least 4 members (excludes halogenated alkanes) is 2. The SMILES string of the molecule is CCCCOC12CCC(O)C(C#CC(=O)C3CCCCC3)C1CC2=CCCCC(=O)O. The van der Waals surface area contributed by atoms with Crippen LogP contribution in [0.2, 0.25) is 0 Å². The quantitative estimate of drug-likeness (QED) is 0.240. The van der Waals surface area contributed by atoms with E-state index < -0.39 is 17.7 Å². The minimum Gasteiger partial charge on any atom is -0.481 e. The van der Waals surface area contributed by atoms with Gasteiger partial charge in [-0.25, -0.2) is 0 Å². The second-order valence-electron chi connectivity index (χ2n) is 9.52. The van der Waals surface area contributed by atoms with Gasteiger partial charge in [-0.1, -0.05) is 44.6 Å². The minimum atomic E-state index is -0.766. The van der Waals surface area contributed by atoms with Gasteiger partial charge in [0.15, 0.2) is 0 Å². The highest BCUT2D eigenvalue weighted by molar-refractivity contribution is 5.97. The molecule has 3 aliphatic rings. The Morgan fingerprint density at radius 2 is 1.97 bits per heavy atom. The van der Waals surface area contributed by atoms with Crippen LogP contribution in [-0.4, -0.2) is 40.3 Å². The summed E-state index contributed by atoms with van der Waals surface area (Å²) >= 11 is 0. The maximum atomic E-state index is 12.6. The zero-order valence-corrected chi connectivity index (χ0v) is 18.9. The summed E-state index contributed by atoms with van der Waals surface area (Å²) in [6, 6.07) is 0. The molecule has 0 aromatic carbocycles. The van der Waals surface area contributed by atoms with Crippen molar-refractivity contribution in [3.63, 3.8) is 0 Å². The highest BCUT2D eigenvalue weighted by atomic mass is 16.5. The van der Waals surface area contributed by atoms with Crippen molar-refractivity contribution >= 4 is 11.8 Å². The first-order valence-electron chi connectivity index (χ1n) is 12.3. The third-order valence-electron chi connectivity index (χ3n) is 7.42. The molecule has 0 aromatic heterocycles. The zero-order chi connectivity index (χ0) is 22.3. The number of rotatable bonds is 9. The molecule has 3 aliphatic carbocycles. The molecule has 0 radical (unpaired) electrons. The Labute approximate surface area is 186 Å². The summed E-state index contributed by atoms with van der Waals surface area (Å²) in [5.41, 5.74) is 0.835. The van der Waals surface area contributed by atoms with Gasteiger partial charge in [0.1, 0.15) is 0 Å². The summed E-state index contributed by atoms with van der Waals surface area (Å²) in [5, 5.41) is 19.6. The maximum absolute atomic E-state index is 12.6. The molecule has 4 unspecified atom stereocenters. The van der Waals surface area contributed by atoms with Crippen molar-refractivity contribution in [2.75, 3.05) is 6.61 Å². The summed E-state index contributed by atoms with van der Waals surface area (Å²) in [7, 11) is 0. The van der Waals surface area contributed by atoms with E-state index in [0.29, 0.717) is 19.4 Å². The van der Waals surface area contributed by atoms with Gasteiger partial charge in [-0.15, -0.1) is 0 Å². The van der Waals surface area contributed by atoms with Crippen LogP contribution >= 0.6 is 0 Å². The molecule has 0 heterocycles. The first-order chi connectivity index (χ1) is 15.0. The van der Waals surface area contributed by atoms with Crippen molar-refractivity contribution in [2.45, 2.75) is 102 Å². The Morgan fingerprint density at radius 3 is 2.68 bits per heavy atom. The highest BCUT2D eigenvalue weighted by Gasteiger charge is 2.58. The topological polar surface area (TPSA) is 83.8 Å². The molecule has 3 saturated carbocycles. The number of carboxylic acids is 1. The number of aliphatic carboxylic acids is 1. The molecule has 0 aromatic rings. The Hall–Kier alpha value is -1.64. The molecule has 0 bridgehead atoms. The number of ketones is 1. The summed E-state index contributed by atoms with van der Waals surface area (Å²) < 4.78 is 6.45. The predicted octanol–water partition coefficient (Wildman–Crippen LogP) is 4.67. The highest BCUT2D eigenvalue weighted by Crippen LogP contribution is 2.57. The minimum absolute atomic E-state index is 0.0405. The lowest BCUT2D eigenvalue weighted by Gasteiger charge is -2.57. The van der Waals surface area contributed by atoms with Crippen LogP contribution in [0.5, 0.6) is 0 Å². The van der Waals surface area contributed by atoms with Crippen LogP contribution in [0.1, 0.15) is 90.4 Å². The number of aliphatic hydroxyl groups is 1. The van der Waals surface area contributed by atoms with Gasteiger partial charge in [0.05, 0.1) is 17.6 Å². The molecule has 5 nitrogen and oxygen atoms in total. The van der Waals surface area contributed by atoms with E-state index in [1.54, 1.807) is 0 Å². The first kappa shape index (κ1) is 24.0. The Bertz CT molecular complexity index is 724. The van der Waals surface area contributed by atoms with Gasteiger partial charge in [-0.3, -0.25) is 9.59 Å². The maximum Gasteiger partial charge on any atom is 0.303 e. The average molecular weight is 431 g/mol. The molecule has 0 spiro atoms. The number of hydrogen-bond acceptors (Lipinski definition) is 4. The van der Waals surface area contributed by atoms with Crippen molar-refractivity contribution in [1.29, 1.82) is 0 Å². The third-order valence-corrected chi connectivity index (χ3v) is 7.42. The lowest BCUT2D eigenvalue weighted by Crippen LogP contribution is -2.60. The molecule has 3 rings (SSSR count). The molecule has 0 aliphatic heterocycles. The molecule has 5 heteroatoms. The number of Topliss-reactive ketones (excluding diaryl/α,β-unsaturated/α-hetero) is 1. The van der Waals surface area contributed by atoms with Gasteiger partial charge in [-0.2, -0.15) is 0 Å². The zero-order valence-electron chi connectivity index (χ0n) is 18.9. The second-order valence-corrected chi connectivity index (χ2v) is 9.52. The van der Waals surface area contributed by atoms with E-state index in [0.717, 1.165) is 57.8 Å². The molecular formula is C26H38O5. The van der Waals surface area contributed by atoms with E-state index in [9.17, 15) is 14.7 Å². The van der Waals surface area contributed by atoms with Crippen LogP contribution in [-0.2, 0) is 14.3 Å². The third kappa shape index (κ3) is 5.79. The standard InChI is InChI=1S/C26H38O5/c1-2-3-17-31-26-16-15-24(28)21(13-14-23(27)19-9-5-4-6-10-19)22(26)18-20(26)11-7-8-12-25(29)30/h11,19,21-22,24,28H,2-10,12,15-18H2,1H3,(H,29,30). The smallest absolute Gasteiger partial charge is 0.303 e. The van der Waals surface area contributed by atoms with Crippen molar-refractivity contribution < 1.29 is 24.5 Å². The van der Waals surface area contributed by atoms with Gasteiger partial charge in [-0.05, 0) is 62.9 Å². The number of carboxylic acid groups (broad SMARTS) is 1. The van der Waals surface area contributed by atoms with Crippen LogP contribution in [0.15, 0.2) is 11.6 Å². The van der Waals surface area contributed by atoms with E-state index in [2.05, 4.69) is 24.8 Å². The van der Waals surface area contributed by atoms with Crippen molar-refractivity contribution in [2.24, 2.45) is 17.8 Å². The number of carbonyl (C=O) groups is 2. The van der Waals surface area contributed by atoms with E-state index >= 15 is 0 Å². The summed E-state index contributed by atoms with van der Waals surface area (Å²) in [6.45, 7) is 2.81. The molecule has 2 N–H and O–H groups in total. The molecule has 172 valence electrons. The van der Waals surface area contributed by atoms with Gasteiger partial charge >= 0.3 is 5.97 Å². The predicted molar refractivity (Wildman–Crippen MR) is 119 cm³/mol. The Kier molecular flexibility index (Phi) is 8.75. The van der Waals surface area contributed by atoms with Crippen LogP contribution < -0.4 is 0 Å². The average Bonchev–Trinajstić information content (AvgIpc) is 2.76. The van der Waals surface area contributed by atoms with Gasteiger partial charge in [0, 0.05) is 24.9 Å². The Morgan fingerprint density at radius 1 is 1.19 bits per heavy atom. The largest absolute Gasteiger partial charge is 0.481 e. The number of ether oxygens (including phenoxy) is 1. The van der Waals surface area contributed by atoms with Gasteiger partial charge < -0.3 is 14.9 Å². The van der Waals surface area contributed by atoms with Crippen LogP contribution in [0.3, 0.4) is 0 Å². The lowest BCUT2D eigenvalue weighted by molar-refractivity contribution is -0.156. The van der Waals surface area contributed by atoms with Crippen molar-refractivity contribution in [3.05, 3.63) is 11.6 Å². The van der Waals surface area contributed by atoms with Crippen molar-refractivity contribution in [3.8, 4) is 11.8 Å². The fourth-order valence-corrected chi connectivity index (χ4v) is 5.53. The Balaban J connectivity index is 1.72. The first-order valence-corrected chi connectivity index (χ1v) is 12.3. The van der Waals surface area contributed by atoms with E-state index in [4.69, 9.17) is 9.84 Å². The van der Waals surface area contributed by atoms with E-state index in [1.165, 1.54) is 12.0 Å². The normalized spacial score (nSPS) is 31.9. The number of carbonyl (C=O) groups excluding carboxylic acids is 1. The summed E-state index contributed by atoms with van der Waals surface area (Å²) in [5.74, 6) is 5.30. The molecule has 31 heavy (non-hydrogen) atoms. The van der Waals surface area contributed by atoms with Crippen LogP contribution in [0, 0.1) is 29.6 Å². The number of aliphatic hydroxyl groups excluding tert-OH is 1. The number of hydrogen-bond donors (Lipinski definition) is 2. The fourth-order valence-electron chi connectivity index (χ4n) is 5.53. The molecule has 0 amide bonds. The monoisotopic (exact) mass is 430 g/mol. The molecule has 0 saturated heterocycles. The van der Waals surface area contributed by atoms with Crippen molar-refractivity contribution in [1.82, 2.24) is 0 Å². The second kappa shape index (κ2) is 11.3.